The number of carboxylic acid groups (broad SMARTS) is 1. The molecule has 0 heterocycles. The minimum Gasteiger partial charge on any atom is -0.497 e. The van der Waals surface area contributed by atoms with Gasteiger partial charge in [0.2, 0.25) is 0 Å². The number of rotatable bonds is 5. The average Bonchev–Trinajstić information content (AvgIpc) is 2.34. The predicted octanol–water partition coefficient (Wildman–Crippen LogP) is 0.259. The van der Waals surface area contributed by atoms with Crippen LogP contribution in [0.1, 0.15) is 17.3 Å². The number of amides is 1. The lowest BCUT2D eigenvalue weighted by molar-refractivity contribution is -0.141. The van der Waals surface area contributed by atoms with Gasteiger partial charge < -0.3 is 20.3 Å². The van der Waals surface area contributed by atoms with E-state index in [2.05, 4.69) is 5.32 Å². The lowest BCUT2D eigenvalue weighted by Crippen LogP contribution is -2.47. The van der Waals surface area contributed by atoms with Crippen molar-refractivity contribution >= 4 is 11.9 Å². The summed E-state index contributed by atoms with van der Waals surface area (Å²) in [6, 6.07) is 4.95. The molecule has 0 saturated carbocycles. The third kappa shape index (κ3) is 3.46. The first-order valence-corrected chi connectivity index (χ1v) is 5.31. The van der Waals surface area contributed by atoms with Gasteiger partial charge in [0, 0.05) is 5.56 Å². The molecule has 6 heteroatoms. The van der Waals surface area contributed by atoms with Crippen molar-refractivity contribution in [1.29, 1.82) is 0 Å². The Morgan fingerprint density at radius 1 is 1.39 bits per heavy atom. The highest BCUT2D eigenvalue weighted by atomic mass is 16.5. The Balaban J connectivity index is 2.83. The van der Waals surface area contributed by atoms with Crippen molar-refractivity contribution in [3.8, 4) is 5.75 Å². The Morgan fingerprint density at radius 2 is 2.06 bits per heavy atom. The summed E-state index contributed by atoms with van der Waals surface area (Å²) in [5.74, 6) is -1.38. The van der Waals surface area contributed by atoms with Crippen molar-refractivity contribution in [2.45, 2.75) is 19.1 Å². The van der Waals surface area contributed by atoms with Crippen molar-refractivity contribution in [1.82, 2.24) is 5.32 Å². The average molecular weight is 253 g/mol. The molecule has 0 aliphatic carbocycles. The lowest BCUT2D eigenvalue weighted by Gasteiger charge is -2.17. The van der Waals surface area contributed by atoms with Crippen molar-refractivity contribution in [3.63, 3.8) is 0 Å². The fourth-order valence-corrected chi connectivity index (χ4v) is 1.38. The largest absolute Gasteiger partial charge is 0.497 e. The maximum atomic E-state index is 11.8. The molecular formula is C12H15NO5. The SMILES string of the molecule is COc1cccc(C(=O)NC(C(=O)O)C(C)O)c1. The Bertz CT molecular complexity index is 444. The van der Waals surface area contributed by atoms with Crippen LogP contribution in [0.5, 0.6) is 5.75 Å². The zero-order valence-electron chi connectivity index (χ0n) is 10.1. The van der Waals surface area contributed by atoms with Crippen LogP contribution in [0.15, 0.2) is 24.3 Å². The van der Waals surface area contributed by atoms with Crippen molar-refractivity contribution in [3.05, 3.63) is 29.8 Å². The number of carboxylic acids is 1. The number of aliphatic hydroxyl groups is 1. The second-order valence-corrected chi connectivity index (χ2v) is 3.76. The molecule has 0 spiro atoms. The van der Waals surface area contributed by atoms with Crippen LogP contribution in [0.4, 0.5) is 0 Å². The number of carbonyl (C=O) groups excluding carboxylic acids is 1. The van der Waals surface area contributed by atoms with Gasteiger partial charge in [-0.05, 0) is 25.1 Å². The first-order valence-electron chi connectivity index (χ1n) is 5.31. The van der Waals surface area contributed by atoms with E-state index in [1.54, 1.807) is 12.1 Å². The molecule has 0 aliphatic heterocycles. The van der Waals surface area contributed by atoms with Gasteiger partial charge in [-0.2, -0.15) is 0 Å². The Morgan fingerprint density at radius 3 is 2.56 bits per heavy atom. The van der Waals surface area contributed by atoms with Gasteiger partial charge in [0.15, 0.2) is 6.04 Å². The molecule has 18 heavy (non-hydrogen) atoms. The van der Waals surface area contributed by atoms with Gasteiger partial charge in [-0.15, -0.1) is 0 Å². The van der Waals surface area contributed by atoms with E-state index >= 15 is 0 Å². The lowest BCUT2D eigenvalue weighted by atomic mass is 10.1. The molecule has 0 fully saturated rings. The van der Waals surface area contributed by atoms with Gasteiger partial charge in [-0.3, -0.25) is 4.79 Å². The number of carbonyl (C=O) groups is 2. The summed E-state index contributed by atoms with van der Waals surface area (Å²) in [4.78, 5) is 22.6. The van der Waals surface area contributed by atoms with Crippen LogP contribution in [0.2, 0.25) is 0 Å². The second-order valence-electron chi connectivity index (χ2n) is 3.76. The number of ether oxygens (including phenoxy) is 1. The van der Waals surface area contributed by atoms with Gasteiger partial charge >= 0.3 is 5.97 Å². The molecule has 3 N–H and O–H groups in total. The summed E-state index contributed by atoms with van der Waals surface area (Å²) in [5.41, 5.74) is 0.265. The fourth-order valence-electron chi connectivity index (χ4n) is 1.38. The van der Waals surface area contributed by atoms with E-state index in [4.69, 9.17) is 9.84 Å². The van der Waals surface area contributed by atoms with Gasteiger partial charge in [0.25, 0.3) is 5.91 Å². The van der Waals surface area contributed by atoms with Crippen LogP contribution in [0.3, 0.4) is 0 Å². The monoisotopic (exact) mass is 253 g/mol. The van der Waals surface area contributed by atoms with Gasteiger partial charge in [-0.1, -0.05) is 6.07 Å². The minimum atomic E-state index is -1.34. The van der Waals surface area contributed by atoms with E-state index in [9.17, 15) is 14.7 Å². The summed E-state index contributed by atoms with van der Waals surface area (Å²) in [7, 11) is 1.47. The molecule has 0 saturated heterocycles. The first kappa shape index (κ1) is 14.0. The summed E-state index contributed by atoms with van der Waals surface area (Å²) in [5, 5.41) is 20.3. The van der Waals surface area contributed by atoms with E-state index in [1.165, 1.54) is 26.2 Å². The number of hydrogen-bond acceptors (Lipinski definition) is 4. The van der Waals surface area contributed by atoms with E-state index in [0.29, 0.717) is 5.75 Å². The molecule has 98 valence electrons. The van der Waals surface area contributed by atoms with Crippen LogP contribution in [0.25, 0.3) is 0 Å². The van der Waals surface area contributed by atoms with Gasteiger partial charge in [-0.25, -0.2) is 4.79 Å². The summed E-state index contributed by atoms with van der Waals surface area (Å²) >= 11 is 0. The standard InChI is InChI=1S/C12H15NO5/c1-7(14)10(12(16)17)13-11(15)8-4-3-5-9(6-8)18-2/h3-7,10,14H,1-2H3,(H,13,15)(H,16,17). The van der Waals surface area contributed by atoms with Crippen molar-refractivity contribution in [2.75, 3.05) is 7.11 Å². The summed E-state index contributed by atoms with van der Waals surface area (Å²) in [6.45, 7) is 1.30. The number of benzene rings is 1. The normalized spacial score (nSPS) is 13.5. The molecule has 0 aliphatic rings. The second kappa shape index (κ2) is 6.02. The van der Waals surface area contributed by atoms with Crippen molar-refractivity contribution in [2.24, 2.45) is 0 Å². The van der Waals surface area contributed by atoms with Crippen LogP contribution < -0.4 is 10.1 Å². The maximum Gasteiger partial charge on any atom is 0.328 e. The molecule has 1 rings (SSSR count). The first-order chi connectivity index (χ1) is 8.45. The number of nitrogens with one attached hydrogen (secondary N) is 1. The van der Waals surface area contributed by atoms with Crippen LogP contribution in [-0.4, -0.2) is 41.3 Å². The van der Waals surface area contributed by atoms with Crippen molar-refractivity contribution < 1.29 is 24.5 Å². The highest BCUT2D eigenvalue weighted by Crippen LogP contribution is 2.12. The smallest absolute Gasteiger partial charge is 0.328 e. The van der Waals surface area contributed by atoms with E-state index < -0.39 is 24.0 Å². The van der Waals surface area contributed by atoms with Gasteiger partial charge in [0.05, 0.1) is 13.2 Å². The maximum absolute atomic E-state index is 11.8. The minimum absolute atomic E-state index is 0.265. The number of aliphatic hydroxyl groups excluding tert-OH is 1. The molecular weight excluding hydrogens is 238 g/mol. The Hall–Kier alpha value is -2.08. The fraction of sp³-hybridized carbons (Fsp3) is 0.333. The van der Waals surface area contributed by atoms with E-state index in [1.807, 2.05) is 0 Å². The van der Waals surface area contributed by atoms with Gasteiger partial charge in [0.1, 0.15) is 5.75 Å². The molecule has 2 atom stereocenters. The Kier molecular flexibility index (Phi) is 4.67. The third-order valence-corrected chi connectivity index (χ3v) is 2.37. The van der Waals surface area contributed by atoms with E-state index in [-0.39, 0.29) is 5.56 Å². The zero-order chi connectivity index (χ0) is 13.7. The number of hydrogen-bond donors (Lipinski definition) is 3. The van der Waals surface area contributed by atoms with Crippen LogP contribution in [-0.2, 0) is 4.79 Å². The third-order valence-electron chi connectivity index (χ3n) is 2.37. The Labute approximate surface area is 104 Å². The predicted molar refractivity (Wildman–Crippen MR) is 63.6 cm³/mol. The van der Waals surface area contributed by atoms with Crippen LogP contribution >= 0.6 is 0 Å². The number of methoxy groups -OCH3 is 1. The molecule has 2 unspecified atom stereocenters. The van der Waals surface area contributed by atoms with E-state index in [0.717, 1.165) is 0 Å². The zero-order valence-corrected chi connectivity index (χ0v) is 10.1. The summed E-state index contributed by atoms with van der Waals surface area (Å²) < 4.78 is 4.96. The highest BCUT2D eigenvalue weighted by Gasteiger charge is 2.25. The highest BCUT2D eigenvalue weighted by molar-refractivity contribution is 5.97. The molecule has 1 aromatic carbocycles. The quantitative estimate of drug-likeness (QED) is 0.699. The molecule has 1 amide bonds. The molecule has 0 bridgehead atoms. The summed E-state index contributed by atoms with van der Waals surface area (Å²) in [6.07, 6.45) is -1.18. The van der Waals surface area contributed by atoms with Crippen LogP contribution in [0, 0.1) is 0 Å². The molecule has 6 nitrogen and oxygen atoms in total. The molecule has 0 radical (unpaired) electrons. The number of aliphatic carboxylic acids is 1. The topological polar surface area (TPSA) is 95.9 Å². The molecule has 0 aromatic heterocycles. The molecule has 1 aromatic rings.